The summed E-state index contributed by atoms with van der Waals surface area (Å²) in [6.45, 7) is 3.88. The Morgan fingerprint density at radius 1 is 1.08 bits per heavy atom. The summed E-state index contributed by atoms with van der Waals surface area (Å²) in [5.74, 6) is -2.61. The number of carboxylic acids is 1. The average molecular weight is 542 g/mol. The van der Waals surface area contributed by atoms with Gasteiger partial charge in [-0.05, 0) is 43.0 Å². The third kappa shape index (κ3) is 8.70. The Balaban J connectivity index is 1.88. The van der Waals surface area contributed by atoms with E-state index in [2.05, 4.69) is 20.3 Å². The molecular weight excluding hydrogens is 510 g/mol. The number of amides is 2. The maximum absolute atomic E-state index is 15.0. The molecule has 0 aromatic heterocycles. The van der Waals surface area contributed by atoms with Crippen molar-refractivity contribution in [1.82, 2.24) is 0 Å². The number of carbonyl (C=O) groups excluding carboxylic acids is 1. The summed E-state index contributed by atoms with van der Waals surface area (Å²) in [6.07, 6.45) is 0.138. The molecule has 12 heteroatoms. The lowest BCUT2D eigenvalue weighted by Gasteiger charge is -2.38. The van der Waals surface area contributed by atoms with E-state index in [1.807, 2.05) is 13.8 Å². The smallest absolute Gasteiger partial charge is 0.479 e. The molecule has 0 unspecified atom stereocenters. The molecule has 8 nitrogen and oxygen atoms in total. The van der Waals surface area contributed by atoms with Gasteiger partial charge in [-0.15, -0.1) is 13.2 Å². The van der Waals surface area contributed by atoms with Crippen LogP contribution in [0.2, 0.25) is 0 Å². The molecule has 0 bridgehead atoms. The number of urea groups is 1. The van der Waals surface area contributed by atoms with Gasteiger partial charge in [0, 0.05) is 30.4 Å². The number of rotatable bonds is 10. The van der Waals surface area contributed by atoms with Crippen molar-refractivity contribution in [3.05, 3.63) is 42.2 Å². The average Bonchev–Trinajstić information content (AvgIpc) is 2.83. The summed E-state index contributed by atoms with van der Waals surface area (Å²) < 4.78 is 61.1. The Morgan fingerprint density at radius 3 is 2.32 bits per heavy atom. The number of benzene rings is 2. The number of ether oxygens (including phenoxy) is 2. The van der Waals surface area contributed by atoms with Crippen molar-refractivity contribution in [2.75, 3.05) is 28.7 Å². The van der Waals surface area contributed by atoms with Crippen LogP contribution in [-0.2, 0) is 4.79 Å². The maximum Gasteiger partial charge on any atom is 0.573 e. The van der Waals surface area contributed by atoms with Crippen LogP contribution in [0.1, 0.15) is 46.0 Å². The molecule has 1 aliphatic rings. The number of hydrogen-bond acceptors (Lipinski definition) is 5. The molecule has 1 saturated carbocycles. The van der Waals surface area contributed by atoms with E-state index in [0.717, 1.165) is 44.2 Å². The van der Waals surface area contributed by atoms with E-state index >= 15 is 4.39 Å². The van der Waals surface area contributed by atoms with Crippen LogP contribution in [0.15, 0.2) is 36.4 Å². The molecule has 0 spiro atoms. The summed E-state index contributed by atoms with van der Waals surface area (Å²) in [5, 5.41) is 14.1. The van der Waals surface area contributed by atoms with E-state index in [4.69, 9.17) is 9.84 Å². The number of halogens is 4. The first-order valence-electron chi connectivity index (χ1n) is 12.3. The van der Waals surface area contributed by atoms with Crippen LogP contribution < -0.4 is 25.0 Å². The predicted octanol–water partition coefficient (Wildman–Crippen LogP) is 6.63. The molecule has 0 saturated heterocycles. The van der Waals surface area contributed by atoms with Crippen LogP contribution in [-0.4, -0.2) is 42.7 Å². The number of anilines is 3. The number of hydrogen-bond donors (Lipinski definition) is 3. The zero-order valence-electron chi connectivity index (χ0n) is 21.1. The summed E-state index contributed by atoms with van der Waals surface area (Å²) in [6, 6.07) is 6.44. The van der Waals surface area contributed by atoms with E-state index < -0.39 is 36.5 Å². The molecule has 2 aromatic carbocycles. The lowest BCUT2D eigenvalue weighted by Crippen LogP contribution is -2.40. The van der Waals surface area contributed by atoms with Crippen molar-refractivity contribution in [1.29, 1.82) is 0 Å². The van der Waals surface area contributed by atoms with Gasteiger partial charge in [-0.1, -0.05) is 33.1 Å². The van der Waals surface area contributed by atoms with Gasteiger partial charge in [0.15, 0.2) is 18.2 Å². The topological polar surface area (TPSA) is 100 Å². The van der Waals surface area contributed by atoms with Gasteiger partial charge in [-0.25, -0.2) is 14.0 Å². The van der Waals surface area contributed by atoms with E-state index in [9.17, 15) is 22.8 Å². The molecule has 2 aromatic rings. The molecule has 1 aliphatic carbocycles. The fourth-order valence-electron chi connectivity index (χ4n) is 4.39. The lowest BCUT2D eigenvalue weighted by atomic mass is 9.93. The quantitative estimate of drug-likeness (QED) is 0.292. The van der Waals surface area contributed by atoms with Crippen LogP contribution in [0.25, 0.3) is 0 Å². The monoisotopic (exact) mass is 541 g/mol. The zero-order valence-corrected chi connectivity index (χ0v) is 21.1. The normalized spacial score (nSPS) is 14.2. The number of nitrogens with one attached hydrogen (secondary N) is 2. The molecule has 3 rings (SSSR count). The molecule has 38 heavy (non-hydrogen) atoms. The first-order chi connectivity index (χ1) is 17.9. The van der Waals surface area contributed by atoms with E-state index in [1.165, 1.54) is 24.3 Å². The molecule has 0 radical (unpaired) electrons. The van der Waals surface area contributed by atoms with Crippen LogP contribution in [0.4, 0.5) is 39.4 Å². The number of nitrogens with zero attached hydrogens (tertiary/aromatic N) is 1. The molecule has 2 amide bonds. The van der Waals surface area contributed by atoms with Crippen LogP contribution in [0.5, 0.6) is 11.5 Å². The summed E-state index contributed by atoms with van der Waals surface area (Å²) in [7, 11) is 0. The van der Waals surface area contributed by atoms with Gasteiger partial charge in [0.25, 0.3) is 0 Å². The SMILES string of the molecule is CC(C)CN(c1cc(F)c(OCC(=O)O)cc1NC(=O)Nc1ccc(OC(F)(F)F)cc1)C1CCCCC1. The third-order valence-corrected chi connectivity index (χ3v) is 5.88. The minimum atomic E-state index is -4.84. The van der Waals surface area contributed by atoms with Crippen LogP contribution >= 0.6 is 0 Å². The Bertz CT molecular complexity index is 1100. The second kappa shape index (κ2) is 12.7. The van der Waals surface area contributed by atoms with E-state index in [0.29, 0.717) is 12.2 Å². The summed E-state index contributed by atoms with van der Waals surface area (Å²) >= 11 is 0. The molecule has 0 atom stereocenters. The highest BCUT2D eigenvalue weighted by Crippen LogP contribution is 2.37. The second-order valence-electron chi connectivity index (χ2n) is 9.47. The molecular formula is C26H31F4N3O5. The van der Waals surface area contributed by atoms with Crippen LogP contribution in [0, 0.1) is 11.7 Å². The Labute approximate surface area is 217 Å². The fourth-order valence-corrected chi connectivity index (χ4v) is 4.39. The van der Waals surface area contributed by atoms with Crippen molar-refractivity contribution in [3.63, 3.8) is 0 Å². The van der Waals surface area contributed by atoms with Gasteiger partial charge < -0.3 is 30.1 Å². The second-order valence-corrected chi connectivity index (χ2v) is 9.47. The third-order valence-electron chi connectivity index (χ3n) is 5.88. The minimum absolute atomic E-state index is 0.126. The van der Waals surface area contributed by atoms with Crippen molar-refractivity contribution in [2.24, 2.45) is 5.92 Å². The van der Waals surface area contributed by atoms with Gasteiger partial charge in [-0.2, -0.15) is 0 Å². The van der Waals surface area contributed by atoms with Crippen molar-refractivity contribution < 1.29 is 41.7 Å². The highest BCUT2D eigenvalue weighted by molar-refractivity contribution is 6.02. The molecule has 1 fully saturated rings. The largest absolute Gasteiger partial charge is 0.573 e. The van der Waals surface area contributed by atoms with Gasteiger partial charge in [0.1, 0.15) is 5.75 Å². The Kier molecular flexibility index (Phi) is 9.65. The van der Waals surface area contributed by atoms with Crippen molar-refractivity contribution in [2.45, 2.75) is 58.4 Å². The molecule has 208 valence electrons. The fraction of sp³-hybridized carbons (Fsp3) is 0.462. The first kappa shape index (κ1) is 28.9. The standard InChI is InChI=1S/C26H31F4N3O5/c1-16(2)14-33(18-6-4-3-5-7-18)22-12-20(27)23(37-15-24(34)35)13-21(22)32-25(36)31-17-8-10-19(11-9-17)38-26(28,29)30/h8-13,16,18H,3-7,14-15H2,1-2H3,(H,34,35)(H2,31,32,36). The minimum Gasteiger partial charge on any atom is -0.479 e. The Hall–Kier alpha value is -3.70. The molecule has 3 N–H and O–H groups in total. The van der Waals surface area contributed by atoms with E-state index in [1.54, 1.807) is 0 Å². The lowest BCUT2D eigenvalue weighted by molar-refractivity contribution is -0.274. The van der Waals surface area contributed by atoms with Crippen molar-refractivity contribution >= 4 is 29.1 Å². The number of alkyl halides is 3. The van der Waals surface area contributed by atoms with E-state index in [-0.39, 0.29) is 29.1 Å². The van der Waals surface area contributed by atoms with Crippen LogP contribution in [0.3, 0.4) is 0 Å². The number of aliphatic carboxylic acids is 1. The predicted molar refractivity (Wildman–Crippen MR) is 134 cm³/mol. The summed E-state index contributed by atoms with van der Waals surface area (Å²) in [4.78, 5) is 25.9. The summed E-state index contributed by atoms with van der Waals surface area (Å²) in [5.41, 5.74) is 0.816. The first-order valence-corrected chi connectivity index (χ1v) is 12.3. The van der Waals surface area contributed by atoms with Gasteiger partial charge in [0.05, 0.1) is 11.4 Å². The van der Waals surface area contributed by atoms with Crippen molar-refractivity contribution in [3.8, 4) is 11.5 Å². The van der Waals surface area contributed by atoms with Gasteiger partial charge in [0.2, 0.25) is 0 Å². The maximum atomic E-state index is 15.0. The van der Waals surface area contributed by atoms with Gasteiger partial charge in [-0.3, -0.25) is 0 Å². The Morgan fingerprint density at radius 2 is 1.74 bits per heavy atom. The molecule has 0 aliphatic heterocycles. The van der Waals surface area contributed by atoms with Gasteiger partial charge >= 0.3 is 18.4 Å². The zero-order chi connectivity index (χ0) is 27.9. The number of carboxylic acid groups (broad SMARTS) is 1. The molecule has 0 heterocycles. The number of carbonyl (C=O) groups is 2. The highest BCUT2D eigenvalue weighted by atomic mass is 19.4. The highest BCUT2D eigenvalue weighted by Gasteiger charge is 2.31.